The number of aliphatic hydroxyl groups excluding tert-OH is 1. The van der Waals surface area contributed by atoms with E-state index in [-0.39, 0.29) is 24.5 Å². The number of amides is 1. The summed E-state index contributed by atoms with van der Waals surface area (Å²) in [5, 5.41) is 12.0. The second kappa shape index (κ2) is 7.75. The molecule has 0 radical (unpaired) electrons. The molecule has 20 heavy (non-hydrogen) atoms. The Kier molecular flexibility index (Phi) is 6.31. The summed E-state index contributed by atoms with van der Waals surface area (Å²) in [6.45, 7) is 5.47. The number of nitrogens with one attached hydrogen (secondary N) is 1. The summed E-state index contributed by atoms with van der Waals surface area (Å²) in [6, 6.07) is 6.77. The molecule has 0 heterocycles. The van der Waals surface area contributed by atoms with Gasteiger partial charge in [0.1, 0.15) is 11.5 Å². The summed E-state index contributed by atoms with van der Waals surface area (Å²) in [7, 11) is 1.59. The van der Waals surface area contributed by atoms with Crippen LogP contribution in [0.3, 0.4) is 0 Å². The summed E-state index contributed by atoms with van der Waals surface area (Å²) in [4.78, 5) is 12.0. The highest BCUT2D eigenvalue weighted by Gasteiger charge is 2.20. The van der Waals surface area contributed by atoms with E-state index in [0.29, 0.717) is 5.75 Å². The Labute approximate surface area is 119 Å². The smallest absolute Gasteiger partial charge is 0.261 e. The highest BCUT2D eigenvalue weighted by atomic mass is 16.5. The molecule has 0 bridgehead atoms. The van der Waals surface area contributed by atoms with E-state index in [1.807, 2.05) is 13.8 Å². The number of carbonyl (C=O) groups is 1. The zero-order valence-corrected chi connectivity index (χ0v) is 12.4. The molecule has 2 N–H and O–H groups in total. The van der Waals surface area contributed by atoms with E-state index in [1.165, 1.54) is 0 Å². The van der Waals surface area contributed by atoms with Crippen molar-refractivity contribution in [3.8, 4) is 11.5 Å². The molecule has 0 aromatic heterocycles. The Morgan fingerprint density at radius 2 is 1.75 bits per heavy atom. The van der Waals surface area contributed by atoms with Crippen LogP contribution in [-0.2, 0) is 4.79 Å². The minimum atomic E-state index is -0.629. The fourth-order valence-electron chi connectivity index (χ4n) is 1.64. The number of methoxy groups -OCH3 is 1. The van der Waals surface area contributed by atoms with Gasteiger partial charge in [-0.15, -0.1) is 0 Å². The third kappa shape index (κ3) is 4.74. The van der Waals surface area contributed by atoms with E-state index in [2.05, 4.69) is 5.32 Å². The topological polar surface area (TPSA) is 67.8 Å². The van der Waals surface area contributed by atoms with Gasteiger partial charge >= 0.3 is 0 Å². The lowest BCUT2D eigenvalue weighted by atomic mass is 10.1. The van der Waals surface area contributed by atoms with Crippen LogP contribution in [0, 0.1) is 5.92 Å². The normalized spacial score (nSPS) is 13.7. The quantitative estimate of drug-likeness (QED) is 0.796. The maximum atomic E-state index is 12.0. The largest absolute Gasteiger partial charge is 0.497 e. The van der Waals surface area contributed by atoms with Crippen molar-refractivity contribution in [2.24, 2.45) is 5.92 Å². The highest BCUT2D eigenvalue weighted by molar-refractivity contribution is 5.81. The maximum Gasteiger partial charge on any atom is 0.261 e. The van der Waals surface area contributed by atoms with Crippen molar-refractivity contribution >= 4 is 5.91 Å². The molecule has 1 amide bonds. The van der Waals surface area contributed by atoms with Crippen LogP contribution >= 0.6 is 0 Å². The van der Waals surface area contributed by atoms with Crippen LogP contribution < -0.4 is 14.8 Å². The Balaban J connectivity index is 2.56. The van der Waals surface area contributed by atoms with Gasteiger partial charge in [0, 0.05) is 0 Å². The average molecular weight is 281 g/mol. The molecule has 0 spiro atoms. The average Bonchev–Trinajstić information content (AvgIpc) is 2.44. The molecule has 2 atom stereocenters. The van der Waals surface area contributed by atoms with Gasteiger partial charge in [0.15, 0.2) is 6.10 Å². The molecular formula is C15H23NO4. The van der Waals surface area contributed by atoms with Crippen molar-refractivity contribution in [2.75, 3.05) is 13.7 Å². The molecule has 0 aliphatic rings. The van der Waals surface area contributed by atoms with Crippen molar-refractivity contribution in [3.05, 3.63) is 24.3 Å². The van der Waals surface area contributed by atoms with Gasteiger partial charge in [-0.05, 0) is 37.1 Å². The molecule has 0 saturated heterocycles. The zero-order valence-electron chi connectivity index (χ0n) is 12.4. The number of benzene rings is 1. The van der Waals surface area contributed by atoms with Crippen molar-refractivity contribution in [1.82, 2.24) is 5.32 Å². The Morgan fingerprint density at radius 1 is 1.20 bits per heavy atom. The first-order valence-corrected chi connectivity index (χ1v) is 6.69. The van der Waals surface area contributed by atoms with Gasteiger partial charge in [-0.3, -0.25) is 4.79 Å². The number of aliphatic hydroxyl groups is 1. The van der Waals surface area contributed by atoms with Crippen LogP contribution in [0.2, 0.25) is 0 Å². The lowest BCUT2D eigenvalue weighted by molar-refractivity contribution is -0.128. The van der Waals surface area contributed by atoms with E-state index in [0.717, 1.165) is 5.75 Å². The summed E-state index contributed by atoms with van der Waals surface area (Å²) in [5.74, 6) is 1.25. The standard InChI is InChI=1S/C15H23NO4/c1-10(2)14(9-17)16-15(18)11(3)20-13-7-5-12(19-4)6-8-13/h5-8,10-11,14,17H,9H2,1-4H3,(H,16,18)/t11?,14-/m1/s1. The van der Waals surface area contributed by atoms with Crippen LogP contribution in [0.25, 0.3) is 0 Å². The van der Waals surface area contributed by atoms with Crippen LogP contribution in [0.4, 0.5) is 0 Å². The Hall–Kier alpha value is -1.75. The van der Waals surface area contributed by atoms with Gasteiger partial charge in [0.25, 0.3) is 5.91 Å². The van der Waals surface area contributed by atoms with E-state index in [9.17, 15) is 9.90 Å². The number of rotatable bonds is 7. The number of carbonyl (C=O) groups excluding carboxylic acids is 1. The second-order valence-corrected chi connectivity index (χ2v) is 4.98. The molecule has 0 aliphatic carbocycles. The Bertz CT molecular complexity index is 416. The van der Waals surface area contributed by atoms with Gasteiger partial charge in [-0.25, -0.2) is 0 Å². The van der Waals surface area contributed by atoms with Crippen molar-refractivity contribution < 1.29 is 19.4 Å². The van der Waals surface area contributed by atoms with Gasteiger partial charge < -0.3 is 19.9 Å². The predicted octanol–water partition coefficient (Wildman–Crippen LogP) is 1.60. The molecule has 1 aromatic rings. The molecule has 5 heteroatoms. The molecule has 0 fully saturated rings. The summed E-state index contributed by atoms with van der Waals surface area (Å²) < 4.78 is 10.6. The van der Waals surface area contributed by atoms with Crippen LogP contribution in [-0.4, -0.2) is 36.9 Å². The minimum absolute atomic E-state index is 0.0847. The monoisotopic (exact) mass is 281 g/mol. The first kappa shape index (κ1) is 16.3. The summed E-state index contributed by atoms with van der Waals surface area (Å²) in [5.41, 5.74) is 0. The molecule has 5 nitrogen and oxygen atoms in total. The van der Waals surface area contributed by atoms with Gasteiger partial charge in [0.2, 0.25) is 0 Å². The van der Waals surface area contributed by atoms with Crippen molar-refractivity contribution in [2.45, 2.75) is 32.9 Å². The molecule has 112 valence electrons. The van der Waals surface area contributed by atoms with Crippen molar-refractivity contribution in [3.63, 3.8) is 0 Å². The first-order valence-electron chi connectivity index (χ1n) is 6.69. The third-order valence-electron chi connectivity index (χ3n) is 3.07. The predicted molar refractivity (Wildman–Crippen MR) is 76.9 cm³/mol. The van der Waals surface area contributed by atoms with Gasteiger partial charge in [-0.2, -0.15) is 0 Å². The fraction of sp³-hybridized carbons (Fsp3) is 0.533. The van der Waals surface area contributed by atoms with Crippen LogP contribution in [0.5, 0.6) is 11.5 Å². The summed E-state index contributed by atoms with van der Waals surface area (Å²) in [6.07, 6.45) is -0.629. The lowest BCUT2D eigenvalue weighted by Crippen LogP contribution is -2.46. The second-order valence-electron chi connectivity index (χ2n) is 4.98. The first-order chi connectivity index (χ1) is 9.47. The molecule has 1 rings (SSSR count). The van der Waals surface area contributed by atoms with E-state index in [1.54, 1.807) is 38.3 Å². The van der Waals surface area contributed by atoms with E-state index < -0.39 is 6.10 Å². The van der Waals surface area contributed by atoms with E-state index >= 15 is 0 Å². The number of hydrogen-bond donors (Lipinski definition) is 2. The van der Waals surface area contributed by atoms with Gasteiger partial charge in [0.05, 0.1) is 19.8 Å². The minimum Gasteiger partial charge on any atom is -0.497 e. The molecule has 1 aromatic carbocycles. The fourth-order valence-corrected chi connectivity index (χ4v) is 1.64. The number of ether oxygens (including phenoxy) is 2. The summed E-state index contributed by atoms with van der Waals surface area (Å²) >= 11 is 0. The van der Waals surface area contributed by atoms with Crippen LogP contribution in [0.15, 0.2) is 24.3 Å². The van der Waals surface area contributed by atoms with Crippen LogP contribution in [0.1, 0.15) is 20.8 Å². The zero-order chi connectivity index (χ0) is 15.1. The van der Waals surface area contributed by atoms with E-state index in [4.69, 9.17) is 9.47 Å². The van der Waals surface area contributed by atoms with Crippen molar-refractivity contribution in [1.29, 1.82) is 0 Å². The third-order valence-corrected chi connectivity index (χ3v) is 3.07. The SMILES string of the molecule is COc1ccc(OC(C)C(=O)N[C@H](CO)C(C)C)cc1. The number of hydrogen-bond acceptors (Lipinski definition) is 4. The maximum absolute atomic E-state index is 12.0. The van der Waals surface area contributed by atoms with Gasteiger partial charge in [-0.1, -0.05) is 13.8 Å². The molecule has 1 unspecified atom stereocenters. The Morgan fingerprint density at radius 3 is 2.20 bits per heavy atom. The molecule has 0 aliphatic heterocycles. The molecule has 0 saturated carbocycles. The molecular weight excluding hydrogens is 258 g/mol. The lowest BCUT2D eigenvalue weighted by Gasteiger charge is -2.22. The highest BCUT2D eigenvalue weighted by Crippen LogP contribution is 2.18.